The van der Waals surface area contributed by atoms with Gasteiger partial charge in [-0.05, 0) is 31.2 Å². The van der Waals surface area contributed by atoms with Crippen LogP contribution in [0.1, 0.15) is 25.5 Å². The van der Waals surface area contributed by atoms with Gasteiger partial charge >= 0.3 is 0 Å². The summed E-state index contributed by atoms with van der Waals surface area (Å²) in [4.78, 5) is 26.4. The Morgan fingerprint density at radius 2 is 2.16 bits per heavy atom. The third kappa shape index (κ3) is 2.59. The molecule has 4 rings (SSSR count). The van der Waals surface area contributed by atoms with Crippen molar-refractivity contribution in [2.75, 3.05) is 6.26 Å². The summed E-state index contributed by atoms with van der Waals surface area (Å²) in [5.41, 5.74) is 1.66. The lowest BCUT2D eigenvalue weighted by Gasteiger charge is -2.13. The van der Waals surface area contributed by atoms with E-state index in [1.807, 2.05) is 18.4 Å². The number of hydrogen-bond donors (Lipinski definition) is 0. The van der Waals surface area contributed by atoms with E-state index in [0.29, 0.717) is 28.6 Å². The predicted octanol–water partition coefficient (Wildman–Crippen LogP) is 2.94. The van der Waals surface area contributed by atoms with Crippen molar-refractivity contribution >= 4 is 22.8 Å². The van der Waals surface area contributed by atoms with E-state index in [2.05, 4.69) is 29.5 Å². The fourth-order valence-electron chi connectivity index (χ4n) is 2.95. The van der Waals surface area contributed by atoms with Gasteiger partial charge in [-0.15, -0.1) is 6.58 Å². The molecule has 0 atom stereocenters. The zero-order valence-electron chi connectivity index (χ0n) is 14.3. The lowest BCUT2D eigenvalue weighted by atomic mass is 10.1. The van der Waals surface area contributed by atoms with Crippen LogP contribution in [-0.4, -0.2) is 30.6 Å². The molecule has 0 N–H and O–H groups in total. The van der Waals surface area contributed by atoms with Crippen LogP contribution in [0.3, 0.4) is 0 Å². The summed E-state index contributed by atoms with van der Waals surface area (Å²) in [6.45, 7) is 6.37. The van der Waals surface area contributed by atoms with Crippen LogP contribution in [0.25, 0.3) is 16.9 Å². The fraction of sp³-hybridized carbons (Fsp3) is 0.333. The summed E-state index contributed by atoms with van der Waals surface area (Å²) in [5.74, 6) is 0.699. The van der Waals surface area contributed by atoms with Crippen molar-refractivity contribution in [3.63, 3.8) is 0 Å². The molecular weight excluding hydrogens is 334 g/mol. The monoisotopic (exact) mass is 353 g/mol. The summed E-state index contributed by atoms with van der Waals surface area (Å²) in [6.07, 6.45) is 7.50. The van der Waals surface area contributed by atoms with E-state index in [9.17, 15) is 4.79 Å². The first-order valence-corrected chi connectivity index (χ1v) is 9.41. The average molecular weight is 353 g/mol. The molecule has 3 aromatic heterocycles. The van der Waals surface area contributed by atoms with Crippen LogP contribution in [0.5, 0.6) is 0 Å². The lowest BCUT2D eigenvalue weighted by Crippen LogP contribution is -2.22. The third-order valence-corrected chi connectivity index (χ3v) is 5.27. The Balaban J connectivity index is 2.00. The van der Waals surface area contributed by atoms with Crippen molar-refractivity contribution in [2.45, 2.75) is 36.9 Å². The molecule has 0 aromatic carbocycles. The average Bonchev–Trinajstić information content (AvgIpc) is 3.33. The van der Waals surface area contributed by atoms with Crippen molar-refractivity contribution in [2.24, 2.45) is 0 Å². The number of allylic oxidation sites excluding steroid dienone is 1. The highest BCUT2D eigenvalue weighted by atomic mass is 32.2. The molecule has 128 valence electrons. The molecule has 0 bridgehead atoms. The fourth-order valence-corrected chi connectivity index (χ4v) is 3.29. The van der Waals surface area contributed by atoms with Gasteiger partial charge in [-0.3, -0.25) is 4.79 Å². The Bertz CT molecular complexity index is 1030. The van der Waals surface area contributed by atoms with Gasteiger partial charge in [0.25, 0.3) is 5.56 Å². The molecule has 0 unspecified atom stereocenters. The summed E-state index contributed by atoms with van der Waals surface area (Å²) in [5, 5.41) is 1.12. The molecule has 0 spiro atoms. The summed E-state index contributed by atoms with van der Waals surface area (Å²) in [7, 11) is 0. The second-order valence-corrected chi connectivity index (χ2v) is 7.30. The predicted molar refractivity (Wildman–Crippen MR) is 99.5 cm³/mol. The van der Waals surface area contributed by atoms with Gasteiger partial charge in [0.2, 0.25) is 0 Å². The highest BCUT2D eigenvalue weighted by molar-refractivity contribution is 7.98. The summed E-state index contributed by atoms with van der Waals surface area (Å²) >= 11 is 1.45. The molecule has 7 heteroatoms. The van der Waals surface area contributed by atoms with E-state index in [-0.39, 0.29) is 11.0 Å². The number of thioether (sulfide) groups is 1. The molecule has 1 saturated carbocycles. The second-order valence-electron chi connectivity index (χ2n) is 6.52. The van der Waals surface area contributed by atoms with Gasteiger partial charge in [0, 0.05) is 17.3 Å². The number of fused-ring (bicyclic) bond motifs is 1. The molecule has 0 radical (unpaired) electrons. The Morgan fingerprint density at radius 3 is 2.84 bits per heavy atom. The van der Waals surface area contributed by atoms with Crippen LogP contribution in [0.2, 0.25) is 0 Å². The Morgan fingerprint density at radius 1 is 1.36 bits per heavy atom. The number of aromatic nitrogens is 5. The van der Waals surface area contributed by atoms with E-state index in [1.54, 1.807) is 21.6 Å². The zero-order chi connectivity index (χ0) is 17.6. The first-order valence-electron chi connectivity index (χ1n) is 8.19. The van der Waals surface area contributed by atoms with Gasteiger partial charge in [0.05, 0.1) is 6.54 Å². The second kappa shape index (κ2) is 5.84. The molecule has 0 amide bonds. The number of hydrogen-bond acceptors (Lipinski definition) is 5. The van der Waals surface area contributed by atoms with E-state index < -0.39 is 0 Å². The maximum absolute atomic E-state index is 12.8. The Labute approximate surface area is 149 Å². The van der Waals surface area contributed by atoms with E-state index >= 15 is 0 Å². The normalized spacial score (nSPS) is 15.4. The first-order chi connectivity index (χ1) is 12.1. The molecule has 6 nitrogen and oxygen atoms in total. The summed E-state index contributed by atoms with van der Waals surface area (Å²) < 4.78 is 3.40. The van der Waals surface area contributed by atoms with Crippen LogP contribution in [0.4, 0.5) is 0 Å². The Kier molecular flexibility index (Phi) is 3.76. The molecular formula is C18H19N5OS. The maximum Gasteiger partial charge on any atom is 0.278 e. The highest BCUT2D eigenvalue weighted by Crippen LogP contribution is 2.46. The zero-order valence-corrected chi connectivity index (χ0v) is 15.1. The maximum atomic E-state index is 12.8. The minimum atomic E-state index is -0.132. The van der Waals surface area contributed by atoms with Crippen LogP contribution in [0, 0.1) is 0 Å². The molecule has 3 heterocycles. The van der Waals surface area contributed by atoms with Crippen LogP contribution >= 0.6 is 11.8 Å². The van der Waals surface area contributed by atoms with Gasteiger partial charge in [-0.25, -0.2) is 24.3 Å². The molecule has 0 saturated heterocycles. The van der Waals surface area contributed by atoms with Gasteiger partial charge in [-0.1, -0.05) is 30.8 Å². The Hall–Kier alpha value is -2.41. The molecule has 1 fully saturated rings. The van der Waals surface area contributed by atoms with Crippen LogP contribution in [-0.2, 0) is 12.0 Å². The van der Waals surface area contributed by atoms with Gasteiger partial charge in [0.15, 0.2) is 16.6 Å². The molecule has 3 aromatic rings. The third-order valence-electron chi connectivity index (χ3n) is 4.71. The van der Waals surface area contributed by atoms with Crippen molar-refractivity contribution in [3.8, 4) is 5.82 Å². The van der Waals surface area contributed by atoms with E-state index in [0.717, 1.165) is 18.5 Å². The van der Waals surface area contributed by atoms with Crippen LogP contribution < -0.4 is 5.56 Å². The molecule has 1 aliphatic rings. The molecule has 0 aliphatic heterocycles. The SMILES string of the molecule is C=CCn1c(=O)c2cnc(SC)nc2n1-c1cccc(C2(C)CC2)n1. The number of nitrogens with zero attached hydrogens (tertiary/aromatic N) is 5. The van der Waals surface area contributed by atoms with Crippen molar-refractivity contribution < 1.29 is 0 Å². The minimum absolute atomic E-state index is 0.132. The smallest absolute Gasteiger partial charge is 0.267 e. The van der Waals surface area contributed by atoms with Gasteiger partial charge in [-0.2, -0.15) is 0 Å². The minimum Gasteiger partial charge on any atom is -0.267 e. The quantitative estimate of drug-likeness (QED) is 0.401. The number of pyridine rings is 1. The lowest BCUT2D eigenvalue weighted by molar-refractivity contribution is 0.591. The topological polar surface area (TPSA) is 65.6 Å². The van der Waals surface area contributed by atoms with Gasteiger partial charge < -0.3 is 0 Å². The van der Waals surface area contributed by atoms with Crippen LogP contribution in [0.15, 0.2) is 47.0 Å². The van der Waals surface area contributed by atoms with E-state index in [1.165, 1.54) is 11.8 Å². The van der Waals surface area contributed by atoms with Gasteiger partial charge in [0.1, 0.15) is 5.39 Å². The first kappa shape index (κ1) is 16.1. The standard InChI is InChI=1S/C18H19N5OS/c1-4-10-22-16(24)12-11-19-17(25-3)21-15(12)23(22)14-7-5-6-13(20-14)18(2)8-9-18/h4-7,11H,1,8-10H2,2-3H3. The summed E-state index contributed by atoms with van der Waals surface area (Å²) in [6, 6.07) is 5.96. The van der Waals surface area contributed by atoms with E-state index in [4.69, 9.17) is 4.98 Å². The molecule has 1 aliphatic carbocycles. The van der Waals surface area contributed by atoms with Crippen molar-refractivity contribution in [3.05, 3.63) is 53.1 Å². The van der Waals surface area contributed by atoms with Crippen molar-refractivity contribution in [1.29, 1.82) is 0 Å². The number of rotatable bonds is 5. The highest BCUT2D eigenvalue weighted by Gasteiger charge is 2.40. The molecule has 25 heavy (non-hydrogen) atoms. The largest absolute Gasteiger partial charge is 0.278 e. The van der Waals surface area contributed by atoms with Crippen molar-refractivity contribution in [1.82, 2.24) is 24.3 Å².